The summed E-state index contributed by atoms with van der Waals surface area (Å²) in [6.07, 6.45) is 20.4. The Morgan fingerprint density at radius 3 is 0.730 bits per heavy atom. The third kappa shape index (κ3) is 18.3. The molecule has 0 unspecified atom stereocenters. The van der Waals surface area contributed by atoms with Crippen molar-refractivity contribution in [2.75, 3.05) is 0 Å². The maximum absolute atomic E-state index is 13.9. The van der Waals surface area contributed by atoms with Crippen LogP contribution in [0.15, 0.2) is 0 Å². The second-order valence-electron chi connectivity index (χ2n) is 11.7. The Hall–Kier alpha value is 0.304. The zero-order chi connectivity index (χ0) is 27.9. The Morgan fingerprint density at radius 2 is 0.568 bits per heavy atom. The van der Waals surface area contributed by atoms with E-state index in [0.717, 1.165) is 152 Å². The summed E-state index contributed by atoms with van der Waals surface area (Å²) < 4.78 is 40.7. The van der Waals surface area contributed by atoms with Gasteiger partial charge in [-0.15, -0.1) is 0 Å². The second-order valence-corrected chi connectivity index (χ2v) is 21.6. The largest absolute Gasteiger partial charge is 0.380 e. The molecule has 0 saturated carbocycles. The van der Waals surface area contributed by atoms with Crippen LogP contribution in [-0.2, 0) is 18.1 Å². The fourth-order valence-corrected chi connectivity index (χ4v) is 18.4. The maximum Gasteiger partial charge on any atom is 0.380 e. The first-order valence-electron chi connectivity index (χ1n) is 16.4. The summed E-state index contributed by atoms with van der Waals surface area (Å²) in [4.78, 5) is 0. The molecular weight excluding hydrogens is 513 g/mol. The second kappa shape index (κ2) is 23.1. The summed E-state index contributed by atoms with van der Waals surface area (Å²) in [6, 6.07) is 5.79. The highest BCUT2D eigenvalue weighted by Gasteiger charge is 2.44. The van der Waals surface area contributed by atoms with Gasteiger partial charge in [-0.3, -0.25) is 7.74 Å². The highest BCUT2D eigenvalue weighted by atomic mass is 32.3. The minimum absolute atomic E-state index is 0.965. The van der Waals surface area contributed by atoms with Crippen molar-refractivity contribution in [3.05, 3.63) is 0 Å². The minimum atomic E-state index is -4.00. The van der Waals surface area contributed by atoms with E-state index in [9.17, 15) is 8.42 Å². The summed E-state index contributed by atoms with van der Waals surface area (Å²) in [7, 11) is -8.89. The van der Waals surface area contributed by atoms with E-state index in [0.29, 0.717) is 0 Å². The van der Waals surface area contributed by atoms with E-state index in [1.54, 1.807) is 0 Å². The summed E-state index contributed by atoms with van der Waals surface area (Å²) in [5, 5.41) is 0. The normalized spacial score (nSPS) is 12.9. The van der Waals surface area contributed by atoms with Crippen molar-refractivity contribution in [2.24, 2.45) is 0 Å². The van der Waals surface area contributed by atoms with Gasteiger partial charge in [0.15, 0.2) is 0 Å². The molecule has 0 heterocycles. The van der Waals surface area contributed by atoms with Gasteiger partial charge in [0.1, 0.15) is 0 Å². The molecule has 0 aliphatic heterocycles. The molecule has 0 bridgehead atoms. The molecule has 4 nitrogen and oxygen atoms in total. The lowest BCUT2D eigenvalue weighted by Gasteiger charge is -2.35. The SMILES string of the molecule is CCCCC[Si](CCCCC)(CCCCC)OS(=O)(=O)O[Si](CCCCC)(CCCCC)CCCCC. The first kappa shape index (κ1) is 37.3. The molecule has 0 aromatic heterocycles. The summed E-state index contributed by atoms with van der Waals surface area (Å²) >= 11 is 0. The number of hydrogen-bond donors (Lipinski definition) is 0. The van der Waals surface area contributed by atoms with Gasteiger partial charge < -0.3 is 0 Å². The van der Waals surface area contributed by atoms with Gasteiger partial charge in [-0.2, -0.15) is 8.42 Å². The topological polar surface area (TPSA) is 52.6 Å². The van der Waals surface area contributed by atoms with Crippen molar-refractivity contribution in [1.29, 1.82) is 0 Å². The Morgan fingerprint density at radius 1 is 0.378 bits per heavy atom. The van der Waals surface area contributed by atoms with E-state index in [1.807, 2.05) is 0 Å². The molecule has 0 N–H and O–H groups in total. The molecule has 0 amide bonds. The van der Waals surface area contributed by atoms with Crippen LogP contribution in [0.2, 0.25) is 36.3 Å². The molecule has 0 spiro atoms. The van der Waals surface area contributed by atoms with Gasteiger partial charge in [0.2, 0.25) is 16.6 Å². The molecule has 0 saturated heterocycles. The van der Waals surface area contributed by atoms with Crippen LogP contribution in [0.3, 0.4) is 0 Å². The predicted octanol–water partition coefficient (Wildman–Crippen LogP) is 11.3. The lowest BCUT2D eigenvalue weighted by Crippen LogP contribution is -2.46. The van der Waals surface area contributed by atoms with Crippen LogP contribution in [0.5, 0.6) is 0 Å². The highest BCUT2D eigenvalue weighted by Crippen LogP contribution is 2.36. The quantitative estimate of drug-likeness (QED) is 0.0684. The molecule has 224 valence electrons. The minimum Gasteiger partial charge on any atom is -0.294 e. The maximum atomic E-state index is 13.9. The fraction of sp³-hybridized carbons (Fsp3) is 1.00. The van der Waals surface area contributed by atoms with Crippen molar-refractivity contribution in [2.45, 2.75) is 193 Å². The van der Waals surface area contributed by atoms with Gasteiger partial charge in [0.05, 0.1) is 0 Å². The van der Waals surface area contributed by atoms with Gasteiger partial charge in [0.25, 0.3) is 0 Å². The zero-order valence-electron chi connectivity index (χ0n) is 26.0. The van der Waals surface area contributed by atoms with Crippen LogP contribution in [0, 0.1) is 0 Å². The molecule has 0 radical (unpaired) electrons. The predicted molar refractivity (Wildman–Crippen MR) is 169 cm³/mol. The van der Waals surface area contributed by atoms with E-state index in [-0.39, 0.29) is 0 Å². The third-order valence-corrected chi connectivity index (χ3v) is 20.0. The smallest absolute Gasteiger partial charge is 0.294 e. The lowest BCUT2D eigenvalue weighted by molar-refractivity contribution is 0.370. The number of rotatable bonds is 28. The van der Waals surface area contributed by atoms with Crippen LogP contribution in [0.25, 0.3) is 0 Å². The van der Waals surface area contributed by atoms with Gasteiger partial charge in [-0.05, 0) is 36.3 Å². The van der Waals surface area contributed by atoms with Crippen LogP contribution in [0.4, 0.5) is 0 Å². The molecular formula is C30H66O4SSi2. The van der Waals surface area contributed by atoms with Crippen LogP contribution in [0.1, 0.15) is 157 Å². The van der Waals surface area contributed by atoms with Crippen molar-refractivity contribution < 1.29 is 16.2 Å². The molecule has 37 heavy (non-hydrogen) atoms. The average molecular weight is 579 g/mol. The fourth-order valence-electron chi connectivity index (χ4n) is 5.63. The summed E-state index contributed by atoms with van der Waals surface area (Å²) in [6.45, 7) is 13.3. The first-order chi connectivity index (χ1) is 17.8. The summed E-state index contributed by atoms with van der Waals surface area (Å²) in [5.74, 6) is 0. The van der Waals surface area contributed by atoms with Crippen molar-refractivity contribution in [3.8, 4) is 0 Å². The van der Waals surface area contributed by atoms with Crippen LogP contribution >= 0.6 is 0 Å². The van der Waals surface area contributed by atoms with Crippen molar-refractivity contribution >= 4 is 27.0 Å². The molecule has 0 aliphatic rings. The van der Waals surface area contributed by atoms with Gasteiger partial charge >= 0.3 is 10.4 Å². The van der Waals surface area contributed by atoms with E-state index in [2.05, 4.69) is 41.5 Å². The lowest BCUT2D eigenvalue weighted by atomic mass is 10.3. The van der Waals surface area contributed by atoms with Gasteiger partial charge in [-0.25, -0.2) is 0 Å². The van der Waals surface area contributed by atoms with E-state index >= 15 is 0 Å². The Kier molecular flexibility index (Phi) is 23.2. The molecule has 0 aromatic rings. The molecule has 0 aliphatic carbocycles. The Balaban J connectivity index is 6.03. The Bertz CT molecular complexity index is 514. The molecule has 0 rings (SSSR count). The molecule has 0 fully saturated rings. The monoisotopic (exact) mass is 578 g/mol. The van der Waals surface area contributed by atoms with Gasteiger partial charge in [0, 0.05) is 0 Å². The van der Waals surface area contributed by atoms with E-state index < -0.39 is 27.0 Å². The summed E-state index contributed by atoms with van der Waals surface area (Å²) in [5.41, 5.74) is 0. The molecule has 0 aromatic carbocycles. The third-order valence-electron chi connectivity index (χ3n) is 7.97. The highest BCUT2D eigenvalue weighted by molar-refractivity contribution is 7.84. The van der Waals surface area contributed by atoms with E-state index in [4.69, 9.17) is 7.74 Å². The molecule has 0 atom stereocenters. The average Bonchev–Trinajstić information content (AvgIpc) is 2.84. The number of unbranched alkanes of at least 4 members (excludes halogenated alkanes) is 12. The Labute approximate surface area is 236 Å². The van der Waals surface area contributed by atoms with Gasteiger partial charge in [-0.1, -0.05) is 157 Å². The number of hydrogen-bond acceptors (Lipinski definition) is 4. The van der Waals surface area contributed by atoms with Crippen molar-refractivity contribution in [1.82, 2.24) is 0 Å². The van der Waals surface area contributed by atoms with E-state index in [1.165, 1.54) is 0 Å². The molecule has 7 heteroatoms. The standard InChI is InChI=1S/C30H66O4SSi2/c1-7-13-19-25-36(26-20-14-8-2,27-21-15-9-3)33-35(31,32)34-37(28-22-16-10-4,29-23-17-11-5)30-24-18-12-6/h7-30H2,1-6H3. The van der Waals surface area contributed by atoms with Crippen molar-refractivity contribution in [3.63, 3.8) is 0 Å². The van der Waals surface area contributed by atoms with Crippen LogP contribution in [-0.4, -0.2) is 25.1 Å². The van der Waals surface area contributed by atoms with Crippen LogP contribution < -0.4 is 0 Å². The first-order valence-corrected chi connectivity index (χ1v) is 22.8. The zero-order valence-corrected chi connectivity index (χ0v) is 28.8.